The van der Waals surface area contributed by atoms with Crippen LogP contribution in [0.2, 0.25) is 0 Å². The van der Waals surface area contributed by atoms with E-state index in [0.29, 0.717) is 11.3 Å². The highest BCUT2D eigenvalue weighted by Gasteiger charge is 2.17. The average Bonchev–Trinajstić information content (AvgIpc) is 3.25. The summed E-state index contributed by atoms with van der Waals surface area (Å²) in [6, 6.07) is 3.37. The van der Waals surface area contributed by atoms with Crippen LogP contribution in [-0.2, 0) is 13.1 Å². The molecule has 3 aromatic heterocycles. The van der Waals surface area contributed by atoms with Gasteiger partial charge < -0.3 is 9.73 Å². The highest BCUT2D eigenvalue weighted by Crippen LogP contribution is 2.15. The maximum Gasteiger partial charge on any atom is 0.278 e. The van der Waals surface area contributed by atoms with E-state index in [1.165, 1.54) is 18.7 Å². The number of nitrogens with one attached hydrogen (secondary N) is 2. The molecule has 3 heterocycles. The Labute approximate surface area is 148 Å². The van der Waals surface area contributed by atoms with Crippen LogP contribution in [0.15, 0.2) is 40.1 Å². The van der Waals surface area contributed by atoms with Crippen LogP contribution >= 0.6 is 0 Å². The topological polar surface area (TPSA) is 102 Å². The monoisotopic (exact) mass is 376 g/mol. The molecular formula is C16H11F3N6O2. The lowest BCUT2D eigenvalue weighted by molar-refractivity contribution is 0.507. The molecule has 0 aliphatic carbocycles. The standard InChI is InChI=1S/C16H11F3N6O2/c17-10-2-1-8(3-11(10)18)4-20-16-22-12-13(15(26)23-16)25(24-14(12)19)5-9-6-27-7-21-9/h1-3,6-7H,4-5H2,(H2,20,22,23,26). The van der Waals surface area contributed by atoms with E-state index >= 15 is 0 Å². The predicted octanol–water partition coefficient (Wildman–Crippen LogP) is 2.19. The Morgan fingerprint density at radius 2 is 2.07 bits per heavy atom. The molecule has 8 nitrogen and oxygen atoms in total. The maximum absolute atomic E-state index is 14.1. The molecule has 0 saturated heterocycles. The van der Waals surface area contributed by atoms with Gasteiger partial charge in [0, 0.05) is 6.54 Å². The number of hydrogen-bond donors (Lipinski definition) is 2. The molecule has 0 unspecified atom stereocenters. The van der Waals surface area contributed by atoms with Crippen molar-refractivity contribution in [2.45, 2.75) is 13.1 Å². The lowest BCUT2D eigenvalue weighted by atomic mass is 10.2. The summed E-state index contributed by atoms with van der Waals surface area (Å²) in [6.07, 6.45) is 2.56. The number of benzene rings is 1. The molecule has 0 aliphatic rings. The molecule has 0 spiro atoms. The third-order valence-corrected chi connectivity index (χ3v) is 3.80. The molecule has 0 radical (unpaired) electrons. The van der Waals surface area contributed by atoms with Gasteiger partial charge in [-0.25, -0.2) is 23.4 Å². The minimum atomic E-state index is -0.994. The second-order valence-electron chi connectivity index (χ2n) is 5.64. The zero-order valence-corrected chi connectivity index (χ0v) is 13.5. The fourth-order valence-electron chi connectivity index (χ4n) is 2.56. The van der Waals surface area contributed by atoms with Crippen LogP contribution in [0.3, 0.4) is 0 Å². The van der Waals surface area contributed by atoms with Crippen molar-refractivity contribution in [3.63, 3.8) is 0 Å². The molecule has 0 amide bonds. The first-order valence-electron chi connectivity index (χ1n) is 7.72. The van der Waals surface area contributed by atoms with Gasteiger partial charge in [0.2, 0.25) is 5.95 Å². The van der Waals surface area contributed by atoms with E-state index in [4.69, 9.17) is 4.42 Å². The highest BCUT2D eigenvalue weighted by molar-refractivity contribution is 5.75. The molecule has 4 rings (SSSR count). The Bertz CT molecular complexity index is 1170. The summed E-state index contributed by atoms with van der Waals surface area (Å²) in [7, 11) is 0. The second kappa shape index (κ2) is 6.59. The largest absolute Gasteiger partial charge is 0.451 e. The van der Waals surface area contributed by atoms with Crippen molar-refractivity contribution in [3.8, 4) is 0 Å². The molecule has 0 atom stereocenters. The third-order valence-electron chi connectivity index (χ3n) is 3.80. The number of H-pyrrole nitrogens is 1. The molecular weight excluding hydrogens is 365 g/mol. The van der Waals surface area contributed by atoms with Crippen LogP contribution in [0, 0.1) is 17.6 Å². The number of anilines is 1. The Kier molecular flexibility index (Phi) is 4.11. The van der Waals surface area contributed by atoms with Crippen LogP contribution < -0.4 is 10.9 Å². The summed E-state index contributed by atoms with van der Waals surface area (Å²) in [5, 5.41) is 6.41. The van der Waals surface area contributed by atoms with Gasteiger partial charge in [0.1, 0.15) is 12.0 Å². The predicted molar refractivity (Wildman–Crippen MR) is 87.4 cm³/mol. The van der Waals surface area contributed by atoms with Gasteiger partial charge in [-0.1, -0.05) is 6.07 Å². The first-order valence-corrected chi connectivity index (χ1v) is 7.72. The lowest BCUT2D eigenvalue weighted by Gasteiger charge is -2.06. The average molecular weight is 376 g/mol. The zero-order valence-electron chi connectivity index (χ0n) is 13.5. The van der Waals surface area contributed by atoms with Gasteiger partial charge in [-0.3, -0.25) is 9.78 Å². The molecule has 2 N–H and O–H groups in total. The minimum Gasteiger partial charge on any atom is -0.451 e. The molecule has 1 aromatic carbocycles. The summed E-state index contributed by atoms with van der Waals surface area (Å²) in [4.78, 5) is 22.7. The highest BCUT2D eigenvalue weighted by atomic mass is 19.2. The van der Waals surface area contributed by atoms with Crippen LogP contribution in [0.1, 0.15) is 11.3 Å². The number of halogens is 3. The van der Waals surface area contributed by atoms with Crippen LogP contribution in [0.25, 0.3) is 11.0 Å². The molecule has 138 valence electrons. The number of rotatable bonds is 5. The Morgan fingerprint density at radius 3 is 2.81 bits per heavy atom. The summed E-state index contributed by atoms with van der Waals surface area (Å²) in [6.45, 7) is 0.0731. The Balaban J connectivity index is 1.62. The minimum absolute atomic E-state index is 0.0304. The summed E-state index contributed by atoms with van der Waals surface area (Å²) in [5.74, 6) is -2.91. The third kappa shape index (κ3) is 3.26. The Hall–Kier alpha value is -3.63. The molecule has 0 fully saturated rings. The van der Waals surface area contributed by atoms with E-state index < -0.39 is 23.1 Å². The summed E-state index contributed by atoms with van der Waals surface area (Å²) in [5.41, 5.74) is -0.0326. The molecule has 0 aliphatic heterocycles. The van der Waals surface area contributed by atoms with E-state index in [0.717, 1.165) is 16.8 Å². The van der Waals surface area contributed by atoms with Gasteiger partial charge in [0.15, 0.2) is 29.1 Å². The number of aromatic amines is 1. The molecule has 0 bridgehead atoms. The van der Waals surface area contributed by atoms with Crippen molar-refractivity contribution in [2.75, 3.05) is 5.32 Å². The quantitative estimate of drug-likeness (QED) is 0.554. The van der Waals surface area contributed by atoms with Gasteiger partial charge in [0.25, 0.3) is 11.5 Å². The summed E-state index contributed by atoms with van der Waals surface area (Å²) >= 11 is 0. The smallest absolute Gasteiger partial charge is 0.278 e. The summed E-state index contributed by atoms with van der Waals surface area (Å²) < 4.78 is 46.3. The number of fused-ring (bicyclic) bond motifs is 1. The number of aromatic nitrogens is 5. The van der Waals surface area contributed by atoms with Gasteiger partial charge in [0.05, 0.1) is 6.54 Å². The van der Waals surface area contributed by atoms with E-state index in [2.05, 4.69) is 25.4 Å². The first-order chi connectivity index (χ1) is 13.0. The second-order valence-corrected chi connectivity index (χ2v) is 5.64. The van der Waals surface area contributed by atoms with Crippen LogP contribution in [0.4, 0.5) is 19.1 Å². The fraction of sp³-hybridized carbons (Fsp3) is 0.125. The van der Waals surface area contributed by atoms with E-state index in [9.17, 15) is 18.0 Å². The Morgan fingerprint density at radius 1 is 1.22 bits per heavy atom. The van der Waals surface area contributed by atoms with Crippen molar-refractivity contribution in [1.82, 2.24) is 24.7 Å². The zero-order chi connectivity index (χ0) is 19.0. The van der Waals surface area contributed by atoms with Crippen molar-refractivity contribution in [1.29, 1.82) is 0 Å². The van der Waals surface area contributed by atoms with Gasteiger partial charge in [-0.05, 0) is 17.7 Å². The first kappa shape index (κ1) is 16.8. The van der Waals surface area contributed by atoms with E-state index in [-0.39, 0.29) is 30.1 Å². The molecule has 0 saturated carbocycles. The van der Waals surface area contributed by atoms with Gasteiger partial charge >= 0.3 is 0 Å². The van der Waals surface area contributed by atoms with Gasteiger partial charge in [-0.2, -0.15) is 4.39 Å². The molecule has 4 aromatic rings. The van der Waals surface area contributed by atoms with Gasteiger partial charge in [-0.15, -0.1) is 5.10 Å². The molecule has 27 heavy (non-hydrogen) atoms. The maximum atomic E-state index is 14.1. The molecule has 11 heteroatoms. The van der Waals surface area contributed by atoms with Crippen molar-refractivity contribution in [2.24, 2.45) is 0 Å². The number of oxazole rings is 1. The van der Waals surface area contributed by atoms with Crippen molar-refractivity contribution in [3.05, 3.63) is 70.0 Å². The van der Waals surface area contributed by atoms with Crippen LogP contribution in [0.5, 0.6) is 0 Å². The van der Waals surface area contributed by atoms with Crippen molar-refractivity contribution < 1.29 is 17.6 Å². The normalized spacial score (nSPS) is 11.2. The lowest BCUT2D eigenvalue weighted by Crippen LogP contribution is -2.16. The number of nitrogens with zero attached hydrogens (tertiary/aromatic N) is 4. The van der Waals surface area contributed by atoms with Crippen molar-refractivity contribution >= 4 is 17.0 Å². The van der Waals surface area contributed by atoms with E-state index in [1.807, 2.05) is 0 Å². The van der Waals surface area contributed by atoms with Crippen LogP contribution in [-0.4, -0.2) is 24.7 Å². The SMILES string of the molecule is O=c1[nH]c(NCc2ccc(F)c(F)c2)nc2c(F)nn(Cc3cocn3)c12. The van der Waals surface area contributed by atoms with E-state index in [1.54, 1.807) is 0 Å². The number of hydrogen-bond acceptors (Lipinski definition) is 6. The fourth-order valence-corrected chi connectivity index (χ4v) is 2.56.